The third-order valence-electron chi connectivity index (χ3n) is 3.31. The lowest BCUT2D eigenvalue weighted by atomic mass is 10.1. The maximum absolute atomic E-state index is 11.3. The number of benzene rings is 2. The van der Waals surface area contributed by atoms with Crippen molar-refractivity contribution in [2.24, 2.45) is 10.2 Å². The molecule has 0 aliphatic heterocycles. The highest BCUT2D eigenvalue weighted by Gasteiger charge is 2.18. The van der Waals surface area contributed by atoms with Gasteiger partial charge in [0.05, 0.1) is 15.5 Å². The molecule has 0 unspecified atom stereocenters. The van der Waals surface area contributed by atoms with E-state index >= 15 is 0 Å². The second-order valence-electron chi connectivity index (χ2n) is 5.16. The van der Waals surface area contributed by atoms with Crippen molar-refractivity contribution in [2.45, 2.75) is 18.7 Å². The Morgan fingerprint density at radius 2 is 1.83 bits per heavy atom. The van der Waals surface area contributed by atoms with Crippen molar-refractivity contribution < 1.29 is 13.3 Å². The zero-order valence-electron chi connectivity index (χ0n) is 13.1. The van der Waals surface area contributed by atoms with Crippen molar-refractivity contribution in [3.8, 4) is 0 Å². The highest BCUT2D eigenvalue weighted by Crippen LogP contribution is 2.27. The van der Waals surface area contributed by atoms with E-state index in [1.807, 2.05) is 31.2 Å². The predicted octanol–water partition coefficient (Wildman–Crippen LogP) is 2.39. The number of hydrogen-bond donors (Lipinski definition) is 2. The van der Waals surface area contributed by atoms with Crippen molar-refractivity contribution in [2.75, 3.05) is 5.43 Å². The van der Waals surface area contributed by atoms with Crippen LogP contribution in [0.3, 0.4) is 0 Å². The number of nitro groups is 1. The Morgan fingerprint density at radius 3 is 2.38 bits per heavy atom. The highest BCUT2D eigenvalue weighted by molar-refractivity contribution is 7.89. The summed E-state index contributed by atoms with van der Waals surface area (Å²) in [6.07, 6.45) is 0. The summed E-state index contributed by atoms with van der Waals surface area (Å²) in [6, 6.07) is 11.0. The van der Waals surface area contributed by atoms with E-state index in [9.17, 15) is 18.5 Å². The third-order valence-corrected chi connectivity index (χ3v) is 4.22. The average molecular weight is 348 g/mol. The van der Waals surface area contributed by atoms with Gasteiger partial charge in [-0.05, 0) is 31.5 Å². The molecule has 9 heteroatoms. The summed E-state index contributed by atoms with van der Waals surface area (Å²) >= 11 is 0. The number of hydrazone groups is 1. The molecule has 0 heterocycles. The molecule has 3 N–H and O–H groups in total. The molecule has 0 aliphatic carbocycles. The number of nitro benzene ring substituents is 1. The van der Waals surface area contributed by atoms with Crippen LogP contribution in [-0.4, -0.2) is 19.1 Å². The van der Waals surface area contributed by atoms with Crippen LogP contribution in [0, 0.1) is 17.0 Å². The van der Waals surface area contributed by atoms with Crippen molar-refractivity contribution in [1.82, 2.24) is 0 Å². The first-order chi connectivity index (χ1) is 11.2. The van der Waals surface area contributed by atoms with Crippen LogP contribution in [0.4, 0.5) is 11.4 Å². The van der Waals surface area contributed by atoms with Crippen LogP contribution in [0.5, 0.6) is 0 Å². The standard InChI is InChI=1S/C15H16N4O4S/c1-10-3-5-12(6-4-10)11(2)17-18-14-8-7-13(24(16,22)23)9-15(14)19(20)21/h3-9,18H,1-2H3,(H2,16,22,23)/b17-11+. The van der Waals surface area contributed by atoms with Gasteiger partial charge in [0.1, 0.15) is 5.69 Å². The molecule has 2 aromatic rings. The Labute approximate surface area is 139 Å². The van der Waals surface area contributed by atoms with Gasteiger partial charge in [0.15, 0.2) is 0 Å². The van der Waals surface area contributed by atoms with Gasteiger partial charge in [0.2, 0.25) is 10.0 Å². The second kappa shape index (κ2) is 6.77. The fourth-order valence-electron chi connectivity index (χ4n) is 1.94. The number of primary sulfonamides is 1. The molecule has 24 heavy (non-hydrogen) atoms. The largest absolute Gasteiger partial charge is 0.295 e. The molecule has 8 nitrogen and oxygen atoms in total. The van der Waals surface area contributed by atoms with Crippen molar-refractivity contribution >= 4 is 27.1 Å². The summed E-state index contributed by atoms with van der Waals surface area (Å²) in [5.41, 5.74) is 4.82. The molecule has 0 spiro atoms. The third kappa shape index (κ3) is 4.15. The smallest absolute Gasteiger partial charge is 0.271 e. The van der Waals surface area contributed by atoms with Crippen LogP contribution in [0.1, 0.15) is 18.1 Å². The molecular formula is C15H16N4O4S. The Hall–Kier alpha value is -2.78. The number of sulfonamides is 1. The maximum atomic E-state index is 11.3. The van der Waals surface area contributed by atoms with E-state index in [0.29, 0.717) is 5.71 Å². The summed E-state index contributed by atoms with van der Waals surface area (Å²) in [5.74, 6) is 0. The van der Waals surface area contributed by atoms with E-state index in [4.69, 9.17) is 5.14 Å². The van der Waals surface area contributed by atoms with Gasteiger partial charge < -0.3 is 0 Å². The lowest BCUT2D eigenvalue weighted by molar-refractivity contribution is -0.384. The first kappa shape index (κ1) is 17.6. The molecule has 0 saturated carbocycles. The Kier molecular flexibility index (Phi) is 4.96. The van der Waals surface area contributed by atoms with Gasteiger partial charge in [0, 0.05) is 6.07 Å². The molecular weight excluding hydrogens is 332 g/mol. The number of nitrogens with zero attached hydrogens (tertiary/aromatic N) is 2. The van der Waals surface area contributed by atoms with E-state index < -0.39 is 20.6 Å². The predicted molar refractivity (Wildman–Crippen MR) is 91.5 cm³/mol. The molecule has 2 aromatic carbocycles. The lowest BCUT2D eigenvalue weighted by Crippen LogP contribution is -2.12. The average Bonchev–Trinajstić information content (AvgIpc) is 2.52. The first-order valence-electron chi connectivity index (χ1n) is 6.87. The molecule has 0 atom stereocenters. The number of nitrogens with two attached hydrogens (primary N) is 1. The van der Waals surface area contributed by atoms with E-state index in [1.54, 1.807) is 6.92 Å². The maximum Gasteiger partial charge on any atom is 0.295 e. The van der Waals surface area contributed by atoms with Gasteiger partial charge in [-0.15, -0.1) is 0 Å². The number of rotatable bonds is 5. The molecule has 0 aromatic heterocycles. The SMILES string of the molecule is C/C(=N\Nc1ccc(S(N)(=O)=O)cc1[N+](=O)[O-])c1ccc(C)cc1. The fourth-order valence-corrected chi connectivity index (χ4v) is 2.47. The van der Waals surface area contributed by atoms with Gasteiger partial charge in [0.25, 0.3) is 5.69 Å². The topological polar surface area (TPSA) is 128 Å². The van der Waals surface area contributed by atoms with Crippen LogP contribution in [0.15, 0.2) is 52.5 Å². The number of hydrogen-bond acceptors (Lipinski definition) is 6. The Bertz CT molecular complexity index is 906. The zero-order chi connectivity index (χ0) is 17.9. The zero-order valence-corrected chi connectivity index (χ0v) is 13.9. The quantitative estimate of drug-likeness (QED) is 0.487. The molecule has 126 valence electrons. The first-order valence-corrected chi connectivity index (χ1v) is 8.41. The van der Waals surface area contributed by atoms with Crippen LogP contribution >= 0.6 is 0 Å². The van der Waals surface area contributed by atoms with E-state index in [2.05, 4.69) is 10.5 Å². The second-order valence-corrected chi connectivity index (χ2v) is 6.72. The molecule has 2 rings (SSSR count). The van der Waals surface area contributed by atoms with Gasteiger partial charge in [-0.3, -0.25) is 15.5 Å². The minimum absolute atomic E-state index is 0.0684. The molecule has 0 saturated heterocycles. The monoisotopic (exact) mass is 348 g/mol. The van der Waals surface area contributed by atoms with Gasteiger partial charge in [-0.25, -0.2) is 13.6 Å². The number of anilines is 1. The molecule has 0 amide bonds. The van der Waals surface area contributed by atoms with Crippen LogP contribution < -0.4 is 10.6 Å². The van der Waals surface area contributed by atoms with E-state index in [0.717, 1.165) is 17.2 Å². The summed E-state index contributed by atoms with van der Waals surface area (Å²) in [7, 11) is -4.02. The minimum atomic E-state index is -4.02. The van der Waals surface area contributed by atoms with Crippen molar-refractivity contribution in [3.05, 3.63) is 63.7 Å². The van der Waals surface area contributed by atoms with Crippen LogP contribution in [-0.2, 0) is 10.0 Å². The summed E-state index contributed by atoms with van der Waals surface area (Å²) in [4.78, 5) is 10.1. The summed E-state index contributed by atoms with van der Waals surface area (Å²) in [5, 5.41) is 20.2. The van der Waals surface area contributed by atoms with Gasteiger partial charge in [-0.2, -0.15) is 5.10 Å². The molecule has 0 fully saturated rings. The van der Waals surface area contributed by atoms with E-state index in [-0.39, 0.29) is 10.6 Å². The lowest BCUT2D eigenvalue weighted by Gasteiger charge is -2.06. The Balaban J connectivity index is 2.33. The van der Waals surface area contributed by atoms with Crippen LogP contribution in [0.2, 0.25) is 0 Å². The summed E-state index contributed by atoms with van der Waals surface area (Å²) < 4.78 is 22.6. The molecule has 0 radical (unpaired) electrons. The minimum Gasteiger partial charge on any atom is -0.271 e. The van der Waals surface area contributed by atoms with E-state index in [1.165, 1.54) is 12.1 Å². The van der Waals surface area contributed by atoms with Crippen molar-refractivity contribution in [3.63, 3.8) is 0 Å². The normalized spacial score (nSPS) is 12.0. The van der Waals surface area contributed by atoms with Gasteiger partial charge >= 0.3 is 0 Å². The van der Waals surface area contributed by atoms with Crippen LogP contribution in [0.25, 0.3) is 0 Å². The van der Waals surface area contributed by atoms with Gasteiger partial charge in [-0.1, -0.05) is 29.8 Å². The number of aryl methyl sites for hydroxylation is 1. The molecule has 0 aliphatic rings. The molecule has 0 bridgehead atoms. The fraction of sp³-hybridized carbons (Fsp3) is 0.133. The summed E-state index contributed by atoms with van der Waals surface area (Å²) in [6.45, 7) is 3.72. The highest BCUT2D eigenvalue weighted by atomic mass is 32.2. The van der Waals surface area contributed by atoms with Crippen molar-refractivity contribution in [1.29, 1.82) is 0 Å². The Morgan fingerprint density at radius 1 is 1.21 bits per heavy atom. The number of nitrogens with one attached hydrogen (secondary N) is 1.